The van der Waals surface area contributed by atoms with Crippen molar-refractivity contribution < 1.29 is 4.39 Å². The van der Waals surface area contributed by atoms with Crippen LogP contribution in [-0.4, -0.2) is 0 Å². The van der Waals surface area contributed by atoms with Crippen LogP contribution in [0, 0.1) is 5.82 Å². The predicted molar refractivity (Wildman–Crippen MR) is 119 cm³/mol. The minimum Gasteiger partial charge on any atom is -0.207 e. The molecule has 0 aromatic heterocycles. The van der Waals surface area contributed by atoms with E-state index in [0.29, 0.717) is 0 Å². The number of halogens is 1. The molecule has 4 aromatic rings. The molecule has 4 aromatic carbocycles. The van der Waals surface area contributed by atoms with Gasteiger partial charge in [0.2, 0.25) is 0 Å². The lowest BCUT2D eigenvalue weighted by atomic mass is 9.65. The smallest absolute Gasteiger partial charge is 0.123 e. The molecule has 0 radical (unpaired) electrons. The number of rotatable bonds is 2. The highest BCUT2D eigenvalue weighted by molar-refractivity contribution is 5.86. The second kappa shape index (κ2) is 5.70. The molecule has 0 saturated heterocycles. The topological polar surface area (TPSA) is 0 Å². The summed E-state index contributed by atoms with van der Waals surface area (Å²) in [6, 6.07) is 27.9. The Morgan fingerprint density at radius 3 is 1.73 bits per heavy atom. The van der Waals surface area contributed by atoms with E-state index in [2.05, 4.69) is 60.7 Å². The first-order valence-electron chi connectivity index (χ1n) is 10.9. The Labute approximate surface area is 176 Å². The van der Waals surface area contributed by atoms with E-state index in [1.165, 1.54) is 57.3 Å². The third-order valence-corrected chi connectivity index (χ3v) is 7.61. The van der Waals surface area contributed by atoms with Gasteiger partial charge < -0.3 is 0 Å². The molecule has 0 amide bonds. The third-order valence-electron chi connectivity index (χ3n) is 7.61. The minimum atomic E-state index is -0.469. The predicted octanol–water partition coefficient (Wildman–Crippen LogP) is 6.39. The Hall–Kier alpha value is -3.19. The van der Waals surface area contributed by atoms with Gasteiger partial charge in [0.1, 0.15) is 5.82 Å². The molecule has 0 bridgehead atoms. The van der Waals surface area contributed by atoms with Crippen LogP contribution in [0.3, 0.4) is 0 Å². The SMILES string of the molecule is Fc1ccc2c(c1)C(c1ccc3c(c1)CC3)(c1ccc3c(c1)CC3)c1ccccc1-2. The Morgan fingerprint density at radius 2 is 1.13 bits per heavy atom. The second-order valence-corrected chi connectivity index (χ2v) is 8.95. The lowest BCUT2D eigenvalue weighted by Crippen LogP contribution is -2.30. The molecule has 0 fully saturated rings. The molecule has 0 saturated carbocycles. The summed E-state index contributed by atoms with van der Waals surface area (Å²) in [6.45, 7) is 0. The summed E-state index contributed by atoms with van der Waals surface area (Å²) in [7, 11) is 0. The normalized spacial score (nSPS) is 16.6. The van der Waals surface area contributed by atoms with E-state index in [4.69, 9.17) is 0 Å². The summed E-state index contributed by atoms with van der Waals surface area (Å²) in [5.41, 5.74) is 12.6. The van der Waals surface area contributed by atoms with Gasteiger partial charge in [-0.15, -0.1) is 0 Å². The zero-order chi connectivity index (χ0) is 19.9. The fourth-order valence-corrected chi connectivity index (χ4v) is 5.90. The largest absolute Gasteiger partial charge is 0.207 e. The van der Waals surface area contributed by atoms with Crippen molar-refractivity contribution in [1.29, 1.82) is 0 Å². The summed E-state index contributed by atoms with van der Waals surface area (Å²) in [6.07, 6.45) is 4.62. The molecule has 144 valence electrons. The molecule has 0 nitrogen and oxygen atoms in total. The van der Waals surface area contributed by atoms with Crippen molar-refractivity contribution in [2.24, 2.45) is 0 Å². The Balaban J connectivity index is 1.64. The number of benzene rings is 4. The van der Waals surface area contributed by atoms with Crippen molar-refractivity contribution in [3.8, 4) is 11.1 Å². The van der Waals surface area contributed by atoms with Crippen LogP contribution in [0.4, 0.5) is 4.39 Å². The Bertz CT molecular complexity index is 1310. The number of hydrogen-bond donors (Lipinski definition) is 0. The molecule has 30 heavy (non-hydrogen) atoms. The van der Waals surface area contributed by atoms with Crippen LogP contribution in [0.5, 0.6) is 0 Å². The van der Waals surface area contributed by atoms with Gasteiger partial charge in [-0.05, 0) is 93.5 Å². The van der Waals surface area contributed by atoms with E-state index >= 15 is 0 Å². The molecule has 0 aliphatic heterocycles. The van der Waals surface area contributed by atoms with Crippen molar-refractivity contribution in [1.82, 2.24) is 0 Å². The van der Waals surface area contributed by atoms with Crippen LogP contribution >= 0.6 is 0 Å². The average Bonchev–Trinajstić information content (AvgIpc) is 3.00. The van der Waals surface area contributed by atoms with Crippen LogP contribution in [0.1, 0.15) is 44.5 Å². The molecule has 0 unspecified atom stereocenters. The van der Waals surface area contributed by atoms with Crippen molar-refractivity contribution in [2.45, 2.75) is 31.1 Å². The van der Waals surface area contributed by atoms with Crippen LogP contribution < -0.4 is 0 Å². The maximum Gasteiger partial charge on any atom is 0.123 e. The van der Waals surface area contributed by atoms with E-state index in [1.54, 1.807) is 12.1 Å². The van der Waals surface area contributed by atoms with Gasteiger partial charge in [0.25, 0.3) is 0 Å². The highest BCUT2D eigenvalue weighted by Gasteiger charge is 2.47. The molecule has 0 N–H and O–H groups in total. The monoisotopic (exact) mass is 388 g/mol. The van der Waals surface area contributed by atoms with Gasteiger partial charge in [-0.25, -0.2) is 4.39 Å². The van der Waals surface area contributed by atoms with Crippen LogP contribution in [0.25, 0.3) is 11.1 Å². The summed E-state index contributed by atoms with van der Waals surface area (Å²) in [5, 5.41) is 0. The second-order valence-electron chi connectivity index (χ2n) is 8.95. The first-order valence-corrected chi connectivity index (χ1v) is 10.9. The van der Waals surface area contributed by atoms with Gasteiger partial charge >= 0.3 is 0 Å². The average molecular weight is 388 g/mol. The first kappa shape index (κ1) is 16.6. The van der Waals surface area contributed by atoms with E-state index in [9.17, 15) is 4.39 Å². The van der Waals surface area contributed by atoms with Gasteiger partial charge in [0.15, 0.2) is 0 Å². The van der Waals surface area contributed by atoms with Crippen LogP contribution in [0.2, 0.25) is 0 Å². The molecule has 7 rings (SSSR count). The number of aryl methyl sites for hydroxylation is 4. The van der Waals surface area contributed by atoms with Crippen molar-refractivity contribution in [3.63, 3.8) is 0 Å². The molecular formula is C29H21F. The zero-order valence-corrected chi connectivity index (χ0v) is 16.7. The molecule has 0 atom stereocenters. The van der Waals surface area contributed by atoms with E-state index in [0.717, 1.165) is 24.0 Å². The summed E-state index contributed by atoms with van der Waals surface area (Å²) >= 11 is 0. The lowest BCUT2D eigenvalue weighted by Gasteiger charge is -2.36. The fraction of sp³-hybridized carbons (Fsp3) is 0.172. The first-order chi connectivity index (χ1) is 14.7. The fourth-order valence-electron chi connectivity index (χ4n) is 5.90. The standard InChI is InChI=1S/C29H21F/c30-24-13-14-26-25-3-1-2-4-27(25)29(28(26)17-24,22-11-9-18-5-7-20(18)15-22)23-12-10-19-6-8-21(19)16-23/h1-4,9-17H,5-8H2. The summed E-state index contributed by atoms with van der Waals surface area (Å²) < 4.78 is 14.7. The molecule has 1 heteroatoms. The maximum absolute atomic E-state index is 14.7. The molecular weight excluding hydrogens is 367 g/mol. The number of fused-ring (bicyclic) bond motifs is 5. The summed E-state index contributed by atoms with van der Waals surface area (Å²) in [4.78, 5) is 0. The van der Waals surface area contributed by atoms with Gasteiger partial charge in [0.05, 0.1) is 5.41 Å². The Kier molecular flexibility index (Phi) is 3.15. The molecule has 0 heterocycles. The van der Waals surface area contributed by atoms with Crippen molar-refractivity contribution in [3.05, 3.63) is 129 Å². The highest BCUT2D eigenvalue weighted by atomic mass is 19.1. The van der Waals surface area contributed by atoms with Crippen LogP contribution in [0.15, 0.2) is 78.9 Å². The molecule has 0 spiro atoms. The van der Waals surface area contributed by atoms with Crippen molar-refractivity contribution in [2.75, 3.05) is 0 Å². The van der Waals surface area contributed by atoms with Gasteiger partial charge in [-0.2, -0.15) is 0 Å². The van der Waals surface area contributed by atoms with Gasteiger partial charge in [-0.3, -0.25) is 0 Å². The highest BCUT2D eigenvalue weighted by Crippen LogP contribution is 2.57. The zero-order valence-electron chi connectivity index (χ0n) is 16.7. The molecule has 3 aliphatic rings. The van der Waals surface area contributed by atoms with Gasteiger partial charge in [-0.1, -0.05) is 66.7 Å². The van der Waals surface area contributed by atoms with E-state index < -0.39 is 5.41 Å². The Morgan fingerprint density at radius 1 is 0.533 bits per heavy atom. The third kappa shape index (κ3) is 1.96. The van der Waals surface area contributed by atoms with Crippen LogP contribution in [-0.2, 0) is 31.1 Å². The molecule has 3 aliphatic carbocycles. The maximum atomic E-state index is 14.7. The summed E-state index contributed by atoms with van der Waals surface area (Å²) in [5.74, 6) is -0.168. The lowest BCUT2D eigenvalue weighted by molar-refractivity contribution is 0.621. The quantitative estimate of drug-likeness (QED) is 0.329. The van der Waals surface area contributed by atoms with E-state index in [1.807, 2.05) is 6.07 Å². The number of hydrogen-bond acceptors (Lipinski definition) is 0. The minimum absolute atomic E-state index is 0.168. The van der Waals surface area contributed by atoms with E-state index in [-0.39, 0.29) is 5.82 Å². The van der Waals surface area contributed by atoms with Gasteiger partial charge in [0, 0.05) is 0 Å². The van der Waals surface area contributed by atoms with Crippen molar-refractivity contribution >= 4 is 0 Å².